The van der Waals surface area contributed by atoms with Crippen LogP contribution < -0.4 is 10.6 Å². The maximum absolute atomic E-state index is 6.09. The second-order valence-corrected chi connectivity index (χ2v) is 5.46. The minimum Gasteiger partial charge on any atom is -0.313 e. The largest absolute Gasteiger partial charge is 0.313 e. The Morgan fingerprint density at radius 3 is 2.88 bits per heavy atom. The first-order chi connectivity index (χ1) is 7.75. The maximum Gasteiger partial charge on any atom is 0.0451 e. The first-order valence-electron chi connectivity index (χ1n) is 5.64. The van der Waals surface area contributed by atoms with Gasteiger partial charge in [-0.25, -0.2) is 0 Å². The van der Waals surface area contributed by atoms with Crippen molar-refractivity contribution in [1.82, 2.24) is 10.6 Å². The van der Waals surface area contributed by atoms with Crippen LogP contribution in [-0.4, -0.2) is 19.1 Å². The number of halogens is 2. The van der Waals surface area contributed by atoms with Crippen LogP contribution in [0, 0.1) is 0 Å². The van der Waals surface area contributed by atoms with Crippen molar-refractivity contribution in [2.24, 2.45) is 0 Å². The standard InChI is InChI=1S/C12H16BrClN2/c13-10-1-4-12(14)9(7-10)8-15-5-6-16-11-2-3-11/h1,4,7,11,15-16H,2-3,5-6,8H2. The molecule has 2 N–H and O–H groups in total. The number of nitrogens with one attached hydrogen (secondary N) is 2. The molecule has 0 atom stereocenters. The van der Waals surface area contributed by atoms with Crippen molar-refractivity contribution >= 4 is 27.5 Å². The van der Waals surface area contributed by atoms with Gasteiger partial charge in [0, 0.05) is 35.2 Å². The Labute approximate surface area is 110 Å². The van der Waals surface area contributed by atoms with Crippen LogP contribution in [0.5, 0.6) is 0 Å². The van der Waals surface area contributed by atoms with Crippen LogP contribution in [0.3, 0.4) is 0 Å². The van der Waals surface area contributed by atoms with Crippen molar-refractivity contribution in [3.05, 3.63) is 33.3 Å². The Bertz CT molecular complexity index is 353. The Kier molecular flexibility index (Phi) is 4.65. The van der Waals surface area contributed by atoms with Gasteiger partial charge < -0.3 is 10.6 Å². The van der Waals surface area contributed by atoms with E-state index < -0.39 is 0 Å². The molecular formula is C12H16BrClN2. The third-order valence-electron chi connectivity index (χ3n) is 2.64. The molecule has 88 valence electrons. The molecular weight excluding hydrogens is 288 g/mol. The van der Waals surface area contributed by atoms with Crippen molar-refractivity contribution in [2.45, 2.75) is 25.4 Å². The highest BCUT2D eigenvalue weighted by Gasteiger charge is 2.19. The SMILES string of the molecule is Clc1ccc(Br)cc1CNCCNC1CC1. The Morgan fingerprint density at radius 2 is 2.12 bits per heavy atom. The second-order valence-electron chi connectivity index (χ2n) is 4.14. The van der Waals surface area contributed by atoms with Gasteiger partial charge in [-0.3, -0.25) is 0 Å². The van der Waals surface area contributed by atoms with Crippen LogP contribution in [0.25, 0.3) is 0 Å². The average molecular weight is 304 g/mol. The van der Waals surface area contributed by atoms with Crippen molar-refractivity contribution in [2.75, 3.05) is 13.1 Å². The summed E-state index contributed by atoms with van der Waals surface area (Å²) >= 11 is 9.54. The predicted octanol–water partition coefficient (Wildman–Crippen LogP) is 2.94. The van der Waals surface area contributed by atoms with Gasteiger partial charge in [0.15, 0.2) is 0 Å². The third-order valence-corrected chi connectivity index (χ3v) is 3.50. The number of hydrogen-bond acceptors (Lipinski definition) is 2. The number of hydrogen-bond donors (Lipinski definition) is 2. The van der Waals surface area contributed by atoms with Gasteiger partial charge in [-0.15, -0.1) is 0 Å². The fourth-order valence-electron chi connectivity index (χ4n) is 1.55. The molecule has 0 amide bonds. The summed E-state index contributed by atoms with van der Waals surface area (Å²) in [6.07, 6.45) is 2.69. The van der Waals surface area contributed by atoms with E-state index in [1.807, 2.05) is 12.1 Å². The van der Waals surface area contributed by atoms with Crippen LogP contribution >= 0.6 is 27.5 Å². The van der Waals surface area contributed by atoms with E-state index in [4.69, 9.17) is 11.6 Å². The highest BCUT2D eigenvalue weighted by atomic mass is 79.9. The molecule has 1 aliphatic rings. The van der Waals surface area contributed by atoms with Gasteiger partial charge in [0.2, 0.25) is 0 Å². The monoisotopic (exact) mass is 302 g/mol. The van der Waals surface area contributed by atoms with E-state index >= 15 is 0 Å². The molecule has 0 unspecified atom stereocenters. The Hall–Kier alpha value is -0.0900. The van der Waals surface area contributed by atoms with Crippen molar-refractivity contribution in [3.63, 3.8) is 0 Å². The van der Waals surface area contributed by atoms with Crippen molar-refractivity contribution in [1.29, 1.82) is 0 Å². The molecule has 1 aromatic carbocycles. The minimum absolute atomic E-state index is 0.788. The van der Waals surface area contributed by atoms with Crippen LogP contribution in [0.15, 0.2) is 22.7 Å². The highest BCUT2D eigenvalue weighted by Crippen LogP contribution is 2.20. The molecule has 0 aliphatic heterocycles. The quantitative estimate of drug-likeness (QED) is 0.790. The number of rotatable bonds is 6. The van der Waals surface area contributed by atoms with Gasteiger partial charge in [-0.05, 0) is 36.6 Å². The zero-order valence-electron chi connectivity index (χ0n) is 9.10. The molecule has 0 bridgehead atoms. The highest BCUT2D eigenvalue weighted by molar-refractivity contribution is 9.10. The molecule has 2 rings (SSSR count). The van der Waals surface area contributed by atoms with Gasteiger partial charge in [0.1, 0.15) is 0 Å². The topological polar surface area (TPSA) is 24.1 Å². The lowest BCUT2D eigenvalue weighted by atomic mass is 10.2. The van der Waals surface area contributed by atoms with Gasteiger partial charge in [-0.1, -0.05) is 27.5 Å². The molecule has 0 aromatic heterocycles. The third kappa shape index (κ3) is 4.06. The van der Waals surface area contributed by atoms with Crippen LogP contribution in [-0.2, 0) is 6.54 Å². The first-order valence-corrected chi connectivity index (χ1v) is 6.81. The van der Waals surface area contributed by atoms with E-state index in [9.17, 15) is 0 Å². The summed E-state index contributed by atoms with van der Waals surface area (Å²) in [5.41, 5.74) is 1.14. The zero-order chi connectivity index (χ0) is 11.4. The molecule has 1 saturated carbocycles. The summed E-state index contributed by atoms with van der Waals surface area (Å²) in [5, 5.41) is 7.67. The van der Waals surface area contributed by atoms with Crippen molar-refractivity contribution < 1.29 is 0 Å². The molecule has 1 aromatic rings. The average Bonchev–Trinajstić information content (AvgIpc) is 3.06. The molecule has 4 heteroatoms. The van der Waals surface area contributed by atoms with Crippen molar-refractivity contribution in [3.8, 4) is 0 Å². The van der Waals surface area contributed by atoms with Gasteiger partial charge >= 0.3 is 0 Å². The second kappa shape index (κ2) is 6.01. The lowest BCUT2D eigenvalue weighted by Crippen LogP contribution is -2.28. The summed E-state index contributed by atoms with van der Waals surface area (Å²) in [6, 6.07) is 6.73. The smallest absolute Gasteiger partial charge is 0.0451 e. The molecule has 0 radical (unpaired) electrons. The Morgan fingerprint density at radius 1 is 1.31 bits per heavy atom. The fourth-order valence-corrected chi connectivity index (χ4v) is 2.15. The normalized spacial score (nSPS) is 15.4. The van der Waals surface area contributed by atoms with Crippen LogP contribution in [0.4, 0.5) is 0 Å². The Balaban J connectivity index is 1.69. The van der Waals surface area contributed by atoms with Gasteiger partial charge in [0.05, 0.1) is 0 Å². The van der Waals surface area contributed by atoms with E-state index in [0.29, 0.717) is 0 Å². The molecule has 0 saturated heterocycles. The summed E-state index contributed by atoms with van der Waals surface area (Å²) < 4.78 is 1.07. The molecule has 0 heterocycles. The summed E-state index contributed by atoms with van der Waals surface area (Å²) in [6.45, 7) is 2.85. The fraction of sp³-hybridized carbons (Fsp3) is 0.500. The lowest BCUT2D eigenvalue weighted by molar-refractivity contribution is 0.608. The van der Waals surface area contributed by atoms with E-state index in [1.165, 1.54) is 12.8 Å². The van der Waals surface area contributed by atoms with Gasteiger partial charge in [-0.2, -0.15) is 0 Å². The number of benzene rings is 1. The summed E-state index contributed by atoms with van der Waals surface area (Å²) in [7, 11) is 0. The molecule has 16 heavy (non-hydrogen) atoms. The van der Waals surface area contributed by atoms with Crippen LogP contribution in [0.2, 0.25) is 5.02 Å². The summed E-state index contributed by atoms with van der Waals surface area (Å²) in [5.74, 6) is 0. The molecule has 2 nitrogen and oxygen atoms in total. The van der Waals surface area contributed by atoms with Gasteiger partial charge in [0.25, 0.3) is 0 Å². The first kappa shape index (κ1) is 12.4. The lowest BCUT2D eigenvalue weighted by Gasteiger charge is -2.07. The molecule has 1 aliphatic carbocycles. The van der Waals surface area contributed by atoms with Crippen LogP contribution in [0.1, 0.15) is 18.4 Å². The maximum atomic E-state index is 6.09. The van der Waals surface area contributed by atoms with E-state index in [-0.39, 0.29) is 0 Å². The molecule has 0 spiro atoms. The minimum atomic E-state index is 0.788. The van der Waals surface area contributed by atoms with E-state index in [0.717, 1.165) is 40.7 Å². The zero-order valence-corrected chi connectivity index (χ0v) is 11.4. The molecule has 1 fully saturated rings. The predicted molar refractivity (Wildman–Crippen MR) is 71.9 cm³/mol. The van der Waals surface area contributed by atoms with E-state index in [2.05, 4.69) is 32.6 Å². The van der Waals surface area contributed by atoms with E-state index in [1.54, 1.807) is 0 Å². The summed E-state index contributed by atoms with van der Waals surface area (Å²) in [4.78, 5) is 0.